The van der Waals surface area contributed by atoms with Crippen LogP contribution in [-0.2, 0) is 23.9 Å². The summed E-state index contributed by atoms with van der Waals surface area (Å²) in [5.74, 6) is -2.17. The monoisotopic (exact) mass is 276 g/mol. The number of fused-ring (bicyclic) bond motifs is 10. The Balaban J connectivity index is 1.60. The fraction of sp³-hybridized carbons (Fsp3) is 0.643. The molecule has 0 spiro atoms. The number of carbonyl (C=O) groups is 3. The maximum atomic E-state index is 11.9. The number of rotatable bonds is 0. The number of hydrogen-bond donors (Lipinski definition) is 1. The van der Waals surface area contributed by atoms with Gasteiger partial charge >= 0.3 is 17.9 Å². The summed E-state index contributed by atoms with van der Waals surface area (Å²) in [5, 5.41) is 9.93. The van der Waals surface area contributed by atoms with Gasteiger partial charge in [0.05, 0.1) is 11.8 Å². The van der Waals surface area contributed by atoms with E-state index in [1.165, 1.54) is 0 Å². The van der Waals surface area contributed by atoms with Crippen LogP contribution in [0.2, 0.25) is 0 Å². The molecule has 3 aliphatic carbocycles. The van der Waals surface area contributed by atoms with Gasteiger partial charge in [0.2, 0.25) is 6.29 Å². The zero-order valence-corrected chi connectivity index (χ0v) is 10.4. The highest BCUT2D eigenvalue weighted by atomic mass is 16.6. The Hall–Kier alpha value is -1.69. The van der Waals surface area contributed by atoms with Gasteiger partial charge in [0.1, 0.15) is 0 Å². The van der Waals surface area contributed by atoms with E-state index in [1.54, 1.807) is 0 Å². The average Bonchev–Trinajstić information content (AvgIpc) is 3.10. The van der Waals surface area contributed by atoms with Crippen molar-refractivity contribution in [1.82, 2.24) is 0 Å². The third-order valence-electron chi connectivity index (χ3n) is 5.96. The van der Waals surface area contributed by atoms with Gasteiger partial charge in [-0.1, -0.05) is 6.08 Å². The number of ether oxygens (including phenoxy) is 2. The smallest absolute Gasteiger partial charge is 0.342 e. The highest BCUT2D eigenvalue weighted by Gasteiger charge is 2.70. The molecular weight excluding hydrogens is 264 g/mol. The van der Waals surface area contributed by atoms with Crippen LogP contribution in [0.5, 0.6) is 0 Å². The van der Waals surface area contributed by atoms with Crippen molar-refractivity contribution in [3.63, 3.8) is 0 Å². The summed E-state index contributed by atoms with van der Waals surface area (Å²) in [7, 11) is 0. The number of carbonyl (C=O) groups excluding carboxylic acids is 3. The van der Waals surface area contributed by atoms with Crippen LogP contribution in [0.3, 0.4) is 0 Å². The minimum Gasteiger partial charge on any atom is -0.435 e. The van der Waals surface area contributed by atoms with Crippen LogP contribution < -0.4 is 0 Å². The van der Waals surface area contributed by atoms with Gasteiger partial charge in [-0.15, -0.1) is 0 Å². The standard InChI is InChI=1S/C14H12O6/c15-11-6-2-3-4-1-5(7(3)10(6)14(18)19-11)9-8(4)12(16)20-13(9)17/h2-5,7-10,13,17H,1H2. The molecule has 2 heterocycles. The lowest BCUT2D eigenvalue weighted by molar-refractivity contribution is -0.160. The van der Waals surface area contributed by atoms with Crippen LogP contribution in [0.25, 0.3) is 0 Å². The molecule has 4 fully saturated rings. The van der Waals surface area contributed by atoms with Gasteiger partial charge in [0.15, 0.2) is 0 Å². The van der Waals surface area contributed by atoms with Crippen LogP contribution in [-0.4, -0.2) is 29.3 Å². The largest absolute Gasteiger partial charge is 0.435 e. The molecule has 8 atom stereocenters. The van der Waals surface area contributed by atoms with Gasteiger partial charge in [-0.25, -0.2) is 4.79 Å². The molecule has 2 saturated heterocycles. The molecule has 0 aromatic heterocycles. The third kappa shape index (κ3) is 0.985. The molecule has 2 aliphatic heterocycles. The molecule has 6 heteroatoms. The van der Waals surface area contributed by atoms with E-state index in [2.05, 4.69) is 0 Å². The van der Waals surface area contributed by atoms with E-state index in [4.69, 9.17) is 9.47 Å². The van der Waals surface area contributed by atoms with Crippen LogP contribution in [0.15, 0.2) is 11.6 Å². The normalized spacial score (nSPS) is 54.5. The molecule has 20 heavy (non-hydrogen) atoms. The van der Waals surface area contributed by atoms with E-state index >= 15 is 0 Å². The first-order valence-corrected chi connectivity index (χ1v) is 6.94. The fourth-order valence-corrected chi connectivity index (χ4v) is 5.46. The minimum atomic E-state index is -1.07. The second-order valence-electron chi connectivity index (χ2n) is 6.46. The Labute approximate surface area is 113 Å². The number of aliphatic hydroxyl groups excluding tert-OH is 1. The molecule has 104 valence electrons. The fourth-order valence-electron chi connectivity index (χ4n) is 5.46. The Bertz CT molecular complexity index is 607. The number of allylic oxidation sites excluding steroid dienone is 1. The molecule has 6 nitrogen and oxygen atoms in total. The summed E-state index contributed by atoms with van der Waals surface area (Å²) in [4.78, 5) is 35.4. The predicted octanol–water partition coefficient (Wildman–Crippen LogP) is -0.384. The summed E-state index contributed by atoms with van der Waals surface area (Å²) >= 11 is 0. The predicted molar refractivity (Wildman–Crippen MR) is 60.3 cm³/mol. The van der Waals surface area contributed by atoms with Crippen LogP contribution in [0.4, 0.5) is 0 Å². The second kappa shape index (κ2) is 3.14. The number of cyclic esters (lactones) is 3. The topological polar surface area (TPSA) is 89.9 Å². The number of hydrogen-bond acceptors (Lipinski definition) is 6. The summed E-state index contributed by atoms with van der Waals surface area (Å²) in [6, 6.07) is 0. The lowest BCUT2D eigenvalue weighted by atomic mass is 9.67. The first-order chi connectivity index (χ1) is 9.58. The molecule has 2 bridgehead atoms. The van der Waals surface area contributed by atoms with Crippen molar-refractivity contribution in [2.75, 3.05) is 0 Å². The maximum absolute atomic E-state index is 11.9. The van der Waals surface area contributed by atoms with Gasteiger partial charge in [-0.05, 0) is 30.1 Å². The molecule has 5 aliphatic rings. The SMILES string of the molecule is O=C1OC(=O)C2C1=CC1C3CC(C21)C1C(O)OC(=O)C31. The third-order valence-corrected chi connectivity index (χ3v) is 5.96. The lowest BCUT2D eigenvalue weighted by Crippen LogP contribution is -2.39. The Morgan fingerprint density at radius 2 is 1.90 bits per heavy atom. The van der Waals surface area contributed by atoms with Crippen molar-refractivity contribution in [3.05, 3.63) is 11.6 Å². The molecule has 0 amide bonds. The molecule has 2 saturated carbocycles. The van der Waals surface area contributed by atoms with Gasteiger partial charge < -0.3 is 14.6 Å². The van der Waals surface area contributed by atoms with Crippen molar-refractivity contribution >= 4 is 17.9 Å². The van der Waals surface area contributed by atoms with Gasteiger partial charge in [-0.3, -0.25) is 9.59 Å². The van der Waals surface area contributed by atoms with Gasteiger partial charge in [0, 0.05) is 11.5 Å². The number of aliphatic hydroxyl groups is 1. The van der Waals surface area contributed by atoms with E-state index in [9.17, 15) is 19.5 Å². The molecule has 8 unspecified atom stereocenters. The van der Waals surface area contributed by atoms with E-state index in [0.29, 0.717) is 5.57 Å². The van der Waals surface area contributed by atoms with Crippen molar-refractivity contribution in [2.24, 2.45) is 41.4 Å². The van der Waals surface area contributed by atoms with E-state index in [0.717, 1.165) is 6.42 Å². The van der Waals surface area contributed by atoms with Crippen LogP contribution in [0, 0.1) is 41.4 Å². The number of esters is 3. The van der Waals surface area contributed by atoms with Gasteiger partial charge in [0.25, 0.3) is 0 Å². The van der Waals surface area contributed by atoms with Crippen molar-refractivity contribution < 1.29 is 29.0 Å². The maximum Gasteiger partial charge on any atom is 0.342 e. The minimum absolute atomic E-state index is 0.0145. The zero-order valence-electron chi connectivity index (χ0n) is 10.4. The summed E-state index contributed by atoms with van der Waals surface area (Å²) in [5.41, 5.74) is 0.461. The Morgan fingerprint density at radius 1 is 1.10 bits per heavy atom. The first kappa shape index (κ1) is 11.0. The Kier molecular flexibility index (Phi) is 1.73. The second-order valence-corrected chi connectivity index (χ2v) is 6.46. The summed E-state index contributed by atoms with van der Waals surface area (Å²) < 4.78 is 9.64. The van der Waals surface area contributed by atoms with E-state index in [1.807, 2.05) is 6.08 Å². The zero-order chi connectivity index (χ0) is 13.8. The van der Waals surface area contributed by atoms with Crippen LogP contribution >= 0.6 is 0 Å². The molecular formula is C14H12O6. The molecule has 1 N–H and O–H groups in total. The van der Waals surface area contributed by atoms with Crippen molar-refractivity contribution in [1.29, 1.82) is 0 Å². The molecule has 0 radical (unpaired) electrons. The average molecular weight is 276 g/mol. The summed E-state index contributed by atoms with van der Waals surface area (Å²) in [6.45, 7) is 0. The molecule has 0 aromatic rings. The quantitative estimate of drug-likeness (QED) is 0.479. The highest BCUT2D eigenvalue weighted by Crippen LogP contribution is 2.67. The van der Waals surface area contributed by atoms with Crippen molar-refractivity contribution in [3.8, 4) is 0 Å². The Morgan fingerprint density at radius 3 is 2.70 bits per heavy atom. The van der Waals surface area contributed by atoms with E-state index < -0.39 is 24.1 Å². The molecule has 5 rings (SSSR count). The highest BCUT2D eigenvalue weighted by molar-refractivity contribution is 6.08. The molecule has 0 aromatic carbocycles. The summed E-state index contributed by atoms with van der Waals surface area (Å²) in [6.07, 6.45) is 1.58. The van der Waals surface area contributed by atoms with Gasteiger partial charge in [-0.2, -0.15) is 0 Å². The van der Waals surface area contributed by atoms with Crippen LogP contribution in [0.1, 0.15) is 6.42 Å². The first-order valence-electron chi connectivity index (χ1n) is 6.94. The lowest BCUT2D eigenvalue weighted by Gasteiger charge is -2.33. The van der Waals surface area contributed by atoms with Crippen molar-refractivity contribution in [2.45, 2.75) is 12.7 Å². The van der Waals surface area contributed by atoms with E-state index in [-0.39, 0.29) is 41.5 Å².